The Kier molecular flexibility index (Phi) is 6.21. The van der Waals surface area contributed by atoms with Gasteiger partial charge in [-0.15, -0.1) is 11.3 Å². The molecule has 1 unspecified atom stereocenters. The van der Waals surface area contributed by atoms with E-state index in [1.807, 2.05) is 19.1 Å². The number of nitrogens with zero attached hydrogens (tertiary/aromatic N) is 3. The standard InChI is InChI=1S/C11H16N4O2S/c1-2-8-4-5-9(18-8)10(11(16)17)13-6-3-7-14-15-12/h4-5,10,13H,2-3,6-7H2,1H3,(H,16,17). The molecule has 0 radical (unpaired) electrons. The van der Waals surface area contributed by atoms with E-state index in [1.54, 1.807) is 0 Å². The minimum Gasteiger partial charge on any atom is -0.480 e. The number of nitrogens with one attached hydrogen (secondary N) is 1. The zero-order valence-corrected chi connectivity index (χ0v) is 11.0. The molecule has 1 heterocycles. The average Bonchev–Trinajstić information content (AvgIpc) is 2.81. The van der Waals surface area contributed by atoms with Crippen molar-refractivity contribution in [1.82, 2.24) is 5.32 Å². The van der Waals surface area contributed by atoms with Crippen molar-refractivity contribution in [3.63, 3.8) is 0 Å². The molecule has 98 valence electrons. The third-order valence-electron chi connectivity index (χ3n) is 2.41. The Labute approximate surface area is 109 Å². The summed E-state index contributed by atoms with van der Waals surface area (Å²) in [6.07, 6.45) is 1.54. The summed E-state index contributed by atoms with van der Waals surface area (Å²) in [6, 6.07) is 3.13. The molecule has 0 amide bonds. The minimum absolute atomic E-state index is 0.375. The molecule has 0 aliphatic heterocycles. The van der Waals surface area contributed by atoms with Gasteiger partial charge >= 0.3 is 5.97 Å². The van der Waals surface area contributed by atoms with Crippen LogP contribution in [0.3, 0.4) is 0 Å². The molecule has 6 nitrogen and oxygen atoms in total. The van der Waals surface area contributed by atoms with E-state index in [-0.39, 0.29) is 0 Å². The highest BCUT2D eigenvalue weighted by atomic mass is 32.1. The first kappa shape index (κ1) is 14.5. The zero-order valence-electron chi connectivity index (χ0n) is 10.2. The molecule has 1 aromatic rings. The number of thiophene rings is 1. The van der Waals surface area contributed by atoms with Crippen LogP contribution in [0.15, 0.2) is 17.2 Å². The van der Waals surface area contributed by atoms with Crippen LogP contribution in [0.4, 0.5) is 0 Å². The van der Waals surface area contributed by atoms with E-state index in [4.69, 9.17) is 5.53 Å². The Bertz CT molecular complexity index is 440. The third kappa shape index (κ3) is 4.37. The van der Waals surface area contributed by atoms with E-state index < -0.39 is 12.0 Å². The van der Waals surface area contributed by atoms with Crippen molar-refractivity contribution in [1.29, 1.82) is 0 Å². The Balaban J connectivity index is 2.54. The summed E-state index contributed by atoms with van der Waals surface area (Å²) in [5.41, 5.74) is 8.12. The fraction of sp³-hybridized carbons (Fsp3) is 0.545. The maximum Gasteiger partial charge on any atom is 0.326 e. The second-order valence-corrected chi connectivity index (χ2v) is 4.89. The van der Waals surface area contributed by atoms with Gasteiger partial charge in [-0.2, -0.15) is 0 Å². The number of carboxylic acids is 1. The van der Waals surface area contributed by atoms with E-state index in [1.165, 1.54) is 16.2 Å². The first-order chi connectivity index (χ1) is 8.69. The quantitative estimate of drug-likeness (QED) is 0.328. The van der Waals surface area contributed by atoms with Gasteiger partial charge in [0.25, 0.3) is 0 Å². The van der Waals surface area contributed by atoms with Crippen LogP contribution in [0, 0.1) is 0 Å². The van der Waals surface area contributed by atoms with E-state index >= 15 is 0 Å². The molecule has 7 heteroatoms. The van der Waals surface area contributed by atoms with Gasteiger partial charge in [-0.05, 0) is 37.1 Å². The van der Waals surface area contributed by atoms with Gasteiger partial charge in [0, 0.05) is 21.2 Å². The summed E-state index contributed by atoms with van der Waals surface area (Å²) in [5, 5.41) is 15.5. The van der Waals surface area contributed by atoms with Crippen LogP contribution in [-0.2, 0) is 11.2 Å². The second kappa shape index (κ2) is 7.71. The molecule has 0 fully saturated rings. The highest BCUT2D eigenvalue weighted by Gasteiger charge is 2.20. The summed E-state index contributed by atoms with van der Waals surface area (Å²) in [7, 11) is 0. The third-order valence-corrected chi connectivity index (χ3v) is 3.70. The lowest BCUT2D eigenvalue weighted by atomic mass is 10.2. The van der Waals surface area contributed by atoms with Crippen LogP contribution < -0.4 is 5.32 Å². The SMILES string of the molecule is CCc1ccc(C(NCCCN=[N+]=[N-])C(=O)O)s1. The molecule has 18 heavy (non-hydrogen) atoms. The van der Waals surface area contributed by atoms with Gasteiger partial charge < -0.3 is 10.4 Å². The Morgan fingerprint density at radius 1 is 1.67 bits per heavy atom. The van der Waals surface area contributed by atoms with Crippen molar-refractivity contribution in [2.45, 2.75) is 25.8 Å². The number of rotatable bonds is 8. The molecule has 0 saturated heterocycles. The maximum atomic E-state index is 11.2. The van der Waals surface area contributed by atoms with E-state index in [2.05, 4.69) is 15.3 Å². The molecule has 0 saturated carbocycles. The van der Waals surface area contributed by atoms with Crippen molar-refractivity contribution in [3.05, 3.63) is 32.3 Å². The normalized spacial score (nSPS) is 11.8. The maximum absolute atomic E-state index is 11.2. The fourth-order valence-corrected chi connectivity index (χ4v) is 2.51. The molecule has 2 N–H and O–H groups in total. The summed E-state index contributed by atoms with van der Waals surface area (Å²) < 4.78 is 0. The summed E-state index contributed by atoms with van der Waals surface area (Å²) >= 11 is 1.51. The van der Waals surface area contributed by atoms with E-state index in [9.17, 15) is 9.90 Å². The molecule has 0 aliphatic rings. The first-order valence-electron chi connectivity index (χ1n) is 5.74. The van der Waals surface area contributed by atoms with E-state index in [0.717, 1.165) is 11.3 Å². The van der Waals surface area contributed by atoms with Gasteiger partial charge in [0.1, 0.15) is 6.04 Å². The van der Waals surface area contributed by atoms with Crippen molar-refractivity contribution < 1.29 is 9.90 Å². The molecule has 0 aromatic carbocycles. The number of hydrogen-bond donors (Lipinski definition) is 2. The summed E-state index contributed by atoms with van der Waals surface area (Å²) in [6.45, 7) is 2.93. The van der Waals surface area contributed by atoms with Gasteiger partial charge in [0.15, 0.2) is 0 Å². The van der Waals surface area contributed by atoms with Gasteiger partial charge in [0.2, 0.25) is 0 Å². The number of aryl methyl sites for hydroxylation is 1. The van der Waals surface area contributed by atoms with Crippen LogP contribution in [0.25, 0.3) is 10.4 Å². The van der Waals surface area contributed by atoms with Gasteiger partial charge in [-0.25, -0.2) is 0 Å². The lowest BCUT2D eigenvalue weighted by molar-refractivity contribution is -0.139. The predicted molar refractivity (Wildman–Crippen MR) is 70.7 cm³/mol. The topological polar surface area (TPSA) is 98.1 Å². The van der Waals surface area contributed by atoms with Crippen LogP contribution in [-0.4, -0.2) is 24.2 Å². The largest absolute Gasteiger partial charge is 0.480 e. The van der Waals surface area contributed by atoms with Gasteiger partial charge in [0.05, 0.1) is 0 Å². The molecule has 0 bridgehead atoms. The van der Waals surface area contributed by atoms with Crippen molar-refractivity contribution >= 4 is 17.3 Å². The van der Waals surface area contributed by atoms with Crippen LogP contribution in [0.2, 0.25) is 0 Å². The molecular formula is C11H16N4O2S. The highest BCUT2D eigenvalue weighted by molar-refractivity contribution is 7.12. The molecule has 1 rings (SSSR count). The predicted octanol–water partition coefficient (Wildman–Crippen LogP) is 2.73. The second-order valence-electron chi connectivity index (χ2n) is 3.69. The number of aliphatic carboxylic acids is 1. The van der Waals surface area contributed by atoms with Crippen molar-refractivity contribution in [2.75, 3.05) is 13.1 Å². The number of carboxylic acid groups (broad SMARTS) is 1. The first-order valence-corrected chi connectivity index (χ1v) is 6.56. The van der Waals surface area contributed by atoms with Crippen molar-refractivity contribution in [3.8, 4) is 0 Å². The van der Waals surface area contributed by atoms with E-state index in [0.29, 0.717) is 19.5 Å². The molecule has 1 atom stereocenters. The minimum atomic E-state index is -0.886. The van der Waals surface area contributed by atoms with Crippen LogP contribution in [0.1, 0.15) is 29.1 Å². The molecular weight excluding hydrogens is 252 g/mol. The zero-order chi connectivity index (χ0) is 13.4. The lowest BCUT2D eigenvalue weighted by Crippen LogP contribution is -2.28. The Morgan fingerprint density at radius 2 is 2.44 bits per heavy atom. The average molecular weight is 268 g/mol. The number of hydrogen-bond acceptors (Lipinski definition) is 4. The molecule has 0 aliphatic carbocycles. The number of azide groups is 1. The Hall–Kier alpha value is -1.56. The Morgan fingerprint density at radius 3 is 3.00 bits per heavy atom. The van der Waals surface area contributed by atoms with Crippen LogP contribution in [0.5, 0.6) is 0 Å². The van der Waals surface area contributed by atoms with Crippen LogP contribution >= 0.6 is 11.3 Å². The summed E-state index contributed by atoms with van der Waals surface area (Å²) in [4.78, 5) is 15.8. The monoisotopic (exact) mass is 268 g/mol. The van der Waals surface area contributed by atoms with Gasteiger partial charge in [-0.3, -0.25) is 4.79 Å². The fourth-order valence-electron chi connectivity index (χ4n) is 1.49. The highest BCUT2D eigenvalue weighted by Crippen LogP contribution is 2.24. The number of carbonyl (C=O) groups is 1. The molecule has 0 spiro atoms. The van der Waals surface area contributed by atoms with Gasteiger partial charge in [-0.1, -0.05) is 12.0 Å². The smallest absolute Gasteiger partial charge is 0.326 e. The lowest BCUT2D eigenvalue weighted by Gasteiger charge is -2.12. The van der Waals surface area contributed by atoms with Crippen molar-refractivity contribution in [2.24, 2.45) is 5.11 Å². The molecule has 1 aromatic heterocycles. The summed E-state index contributed by atoms with van der Waals surface area (Å²) in [5.74, 6) is -0.886.